The second-order valence-electron chi connectivity index (χ2n) is 4.98. The molecule has 22 heavy (non-hydrogen) atoms. The van der Waals surface area contributed by atoms with Gasteiger partial charge in [0.1, 0.15) is 0 Å². The minimum atomic E-state index is -0.165. The molecule has 2 heterocycles. The highest BCUT2D eigenvalue weighted by molar-refractivity contribution is 5.86. The molecular weight excluding hydrogens is 288 g/mol. The first-order valence-electron chi connectivity index (χ1n) is 6.88. The molecule has 0 atom stereocenters. The monoisotopic (exact) mass is 302 g/mol. The van der Waals surface area contributed by atoms with Crippen LogP contribution in [0, 0.1) is 0 Å². The van der Waals surface area contributed by atoms with Crippen LogP contribution in [-0.4, -0.2) is 23.8 Å². The topological polar surface area (TPSA) is 77.4 Å². The number of aliphatic hydroxyl groups excluding tert-OH is 2. The highest BCUT2D eigenvalue weighted by Gasteiger charge is 2.29. The van der Waals surface area contributed by atoms with Crippen LogP contribution in [0.3, 0.4) is 0 Å². The van der Waals surface area contributed by atoms with Gasteiger partial charge < -0.3 is 29.2 Å². The van der Waals surface area contributed by atoms with Gasteiger partial charge in [0.05, 0.1) is 13.2 Å². The van der Waals surface area contributed by atoms with Crippen molar-refractivity contribution in [3.63, 3.8) is 0 Å². The van der Waals surface area contributed by atoms with Gasteiger partial charge in [-0.25, -0.2) is 0 Å². The van der Waals surface area contributed by atoms with Crippen molar-refractivity contribution in [2.45, 2.75) is 13.2 Å². The third-order valence-electron chi connectivity index (χ3n) is 3.84. The second-order valence-corrected chi connectivity index (χ2v) is 4.98. The molecule has 0 saturated heterocycles. The Kier molecular flexibility index (Phi) is 3.06. The molecule has 0 bridgehead atoms. The zero-order chi connectivity index (χ0) is 15.1. The molecule has 0 aromatic heterocycles. The van der Waals surface area contributed by atoms with E-state index in [1.54, 1.807) is 24.3 Å². The van der Waals surface area contributed by atoms with Crippen molar-refractivity contribution >= 4 is 0 Å². The van der Waals surface area contributed by atoms with Gasteiger partial charge >= 0.3 is 0 Å². The Hall–Kier alpha value is -2.44. The number of aliphatic hydroxyl groups is 2. The maximum atomic E-state index is 9.69. The molecule has 0 radical (unpaired) electrons. The molecular formula is C16H14O6. The molecule has 6 heteroatoms. The Labute approximate surface area is 126 Å². The van der Waals surface area contributed by atoms with E-state index in [1.165, 1.54) is 0 Å². The lowest BCUT2D eigenvalue weighted by molar-refractivity contribution is 0.172. The Morgan fingerprint density at radius 3 is 1.55 bits per heavy atom. The molecule has 2 N–H and O–H groups in total. The number of benzene rings is 2. The summed E-state index contributed by atoms with van der Waals surface area (Å²) in [5.41, 5.74) is 2.68. The molecule has 2 aliphatic heterocycles. The number of hydrogen-bond acceptors (Lipinski definition) is 6. The number of ether oxygens (including phenoxy) is 4. The van der Waals surface area contributed by atoms with Gasteiger partial charge in [-0.15, -0.1) is 0 Å². The van der Waals surface area contributed by atoms with Crippen molar-refractivity contribution in [1.29, 1.82) is 0 Å². The van der Waals surface area contributed by atoms with Gasteiger partial charge in [-0.1, -0.05) is 12.1 Å². The van der Waals surface area contributed by atoms with Gasteiger partial charge in [-0.3, -0.25) is 0 Å². The van der Waals surface area contributed by atoms with Crippen LogP contribution >= 0.6 is 0 Å². The summed E-state index contributed by atoms with van der Waals surface area (Å²) in [5, 5.41) is 19.4. The molecule has 2 aliphatic rings. The lowest BCUT2D eigenvalue weighted by Gasteiger charge is -2.16. The van der Waals surface area contributed by atoms with Crippen molar-refractivity contribution in [2.75, 3.05) is 13.6 Å². The Balaban J connectivity index is 2.04. The summed E-state index contributed by atoms with van der Waals surface area (Å²) >= 11 is 0. The molecule has 0 spiro atoms. The molecule has 0 unspecified atom stereocenters. The largest absolute Gasteiger partial charge is 0.454 e. The predicted octanol–water partition coefficient (Wildman–Crippen LogP) is 1.80. The average molecular weight is 302 g/mol. The lowest BCUT2D eigenvalue weighted by Crippen LogP contribution is -1.99. The third kappa shape index (κ3) is 1.81. The first kappa shape index (κ1) is 13.2. The van der Waals surface area contributed by atoms with E-state index in [-0.39, 0.29) is 26.8 Å². The van der Waals surface area contributed by atoms with Crippen LogP contribution in [0.25, 0.3) is 11.1 Å². The molecule has 0 aliphatic carbocycles. The van der Waals surface area contributed by atoms with Gasteiger partial charge in [0, 0.05) is 11.1 Å². The maximum absolute atomic E-state index is 9.69. The van der Waals surface area contributed by atoms with Crippen molar-refractivity contribution in [1.82, 2.24) is 0 Å². The van der Waals surface area contributed by atoms with E-state index in [0.29, 0.717) is 45.3 Å². The third-order valence-corrected chi connectivity index (χ3v) is 3.84. The molecule has 6 nitrogen and oxygen atoms in total. The second kappa shape index (κ2) is 5.08. The minimum Gasteiger partial charge on any atom is -0.454 e. The fourth-order valence-electron chi connectivity index (χ4n) is 2.84. The zero-order valence-corrected chi connectivity index (χ0v) is 11.7. The molecule has 2 aromatic carbocycles. The zero-order valence-electron chi connectivity index (χ0n) is 11.7. The van der Waals surface area contributed by atoms with Crippen LogP contribution in [0.5, 0.6) is 23.0 Å². The van der Waals surface area contributed by atoms with Gasteiger partial charge in [0.15, 0.2) is 23.0 Å². The summed E-state index contributed by atoms with van der Waals surface area (Å²) in [5.74, 6) is 2.30. The standard InChI is InChI=1S/C16H14O6/c17-5-9-1-3-11-15(21-7-19-11)13(9)14-10(6-18)2-4-12-16(14)22-8-20-12/h1-4,17-18H,5-8H2. The van der Waals surface area contributed by atoms with Crippen LogP contribution in [0.15, 0.2) is 24.3 Å². The van der Waals surface area contributed by atoms with Crippen LogP contribution < -0.4 is 18.9 Å². The van der Waals surface area contributed by atoms with Crippen molar-refractivity contribution in [3.05, 3.63) is 35.4 Å². The van der Waals surface area contributed by atoms with Gasteiger partial charge in [-0.2, -0.15) is 0 Å². The molecule has 2 aromatic rings. The van der Waals surface area contributed by atoms with Crippen LogP contribution in [-0.2, 0) is 13.2 Å². The van der Waals surface area contributed by atoms with E-state index in [2.05, 4.69) is 0 Å². The summed E-state index contributed by atoms with van der Waals surface area (Å²) in [6.07, 6.45) is 0. The minimum absolute atomic E-state index is 0.123. The normalized spacial score (nSPS) is 14.5. The summed E-state index contributed by atoms with van der Waals surface area (Å²) in [6, 6.07) is 7.07. The first-order valence-corrected chi connectivity index (χ1v) is 6.88. The van der Waals surface area contributed by atoms with Crippen molar-refractivity contribution in [3.8, 4) is 34.1 Å². The highest BCUT2D eigenvalue weighted by atomic mass is 16.7. The number of rotatable bonds is 3. The Morgan fingerprint density at radius 1 is 0.682 bits per heavy atom. The van der Waals surface area contributed by atoms with Gasteiger partial charge in [0.2, 0.25) is 13.6 Å². The van der Waals surface area contributed by atoms with E-state index in [9.17, 15) is 10.2 Å². The molecule has 0 saturated carbocycles. The van der Waals surface area contributed by atoms with E-state index in [0.717, 1.165) is 0 Å². The Morgan fingerprint density at radius 2 is 1.14 bits per heavy atom. The first-order chi connectivity index (χ1) is 10.8. The summed E-state index contributed by atoms with van der Waals surface area (Å²) in [4.78, 5) is 0. The van der Waals surface area contributed by atoms with E-state index >= 15 is 0 Å². The predicted molar refractivity (Wildman–Crippen MR) is 76.0 cm³/mol. The smallest absolute Gasteiger partial charge is 0.231 e. The summed E-state index contributed by atoms with van der Waals surface area (Å²) in [7, 11) is 0. The lowest BCUT2D eigenvalue weighted by atomic mass is 9.93. The summed E-state index contributed by atoms with van der Waals surface area (Å²) < 4.78 is 22.0. The van der Waals surface area contributed by atoms with Gasteiger partial charge in [-0.05, 0) is 23.3 Å². The number of hydrogen-bond donors (Lipinski definition) is 2. The molecule has 0 fully saturated rings. The van der Waals surface area contributed by atoms with Gasteiger partial charge in [0.25, 0.3) is 0 Å². The highest BCUT2D eigenvalue weighted by Crippen LogP contribution is 2.51. The quantitative estimate of drug-likeness (QED) is 0.900. The Bertz CT molecular complexity index is 676. The molecule has 114 valence electrons. The van der Waals surface area contributed by atoms with E-state index in [4.69, 9.17) is 18.9 Å². The fraction of sp³-hybridized carbons (Fsp3) is 0.250. The van der Waals surface area contributed by atoms with Crippen molar-refractivity contribution in [2.24, 2.45) is 0 Å². The van der Waals surface area contributed by atoms with E-state index < -0.39 is 0 Å². The molecule has 0 amide bonds. The molecule has 4 rings (SSSR count). The van der Waals surface area contributed by atoms with Crippen molar-refractivity contribution < 1.29 is 29.2 Å². The summed E-state index contributed by atoms with van der Waals surface area (Å²) in [6.45, 7) is -0.0845. The van der Waals surface area contributed by atoms with E-state index in [1.807, 2.05) is 0 Å². The van der Waals surface area contributed by atoms with Crippen LogP contribution in [0.4, 0.5) is 0 Å². The van der Waals surface area contributed by atoms with Crippen LogP contribution in [0.2, 0.25) is 0 Å². The maximum Gasteiger partial charge on any atom is 0.231 e. The number of fused-ring (bicyclic) bond motifs is 2. The fourth-order valence-corrected chi connectivity index (χ4v) is 2.84. The van der Waals surface area contributed by atoms with Crippen LogP contribution in [0.1, 0.15) is 11.1 Å². The SMILES string of the molecule is OCc1ccc2c(c1-c1c(CO)ccc3c1OCO3)OCO2. The average Bonchev–Trinajstić information content (AvgIpc) is 3.21.